The van der Waals surface area contributed by atoms with Gasteiger partial charge in [-0.3, -0.25) is 0 Å². The molecule has 0 spiro atoms. The highest BCUT2D eigenvalue weighted by molar-refractivity contribution is 5.73. The van der Waals surface area contributed by atoms with E-state index in [1.807, 2.05) is 44.2 Å². The van der Waals surface area contributed by atoms with Crippen molar-refractivity contribution in [2.75, 3.05) is 26.3 Å². The molecule has 2 rings (SSSR count). The van der Waals surface area contributed by atoms with E-state index in [0.717, 1.165) is 31.4 Å². The van der Waals surface area contributed by atoms with Crippen molar-refractivity contribution in [1.82, 2.24) is 10.6 Å². The highest BCUT2D eigenvalue weighted by atomic mass is 16.5. The summed E-state index contributed by atoms with van der Waals surface area (Å²) in [5.74, 6) is 0.0473. The van der Waals surface area contributed by atoms with E-state index in [2.05, 4.69) is 10.6 Å². The summed E-state index contributed by atoms with van der Waals surface area (Å²) in [5.41, 5.74) is 0.808. The Kier molecular flexibility index (Phi) is 7.72. The molecule has 2 unspecified atom stereocenters. The maximum Gasteiger partial charge on any atom is 0.314 e. The molecule has 25 heavy (non-hydrogen) atoms. The lowest BCUT2D eigenvalue weighted by molar-refractivity contribution is 0.0120. The van der Waals surface area contributed by atoms with Crippen molar-refractivity contribution in [2.45, 2.75) is 51.6 Å². The van der Waals surface area contributed by atoms with Crippen molar-refractivity contribution in [3.8, 4) is 0 Å². The molecule has 0 aromatic heterocycles. The van der Waals surface area contributed by atoms with E-state index in [-0.39, 0.29) is 30.1 Å². The fourth-order valence-electron chi connectivity index (χ4n) is 3.28. The third-order valence-corrected chi connectivity index (χ3v) is 5.05. The number of aliphatic hydroxyl groups excluding tert-OH is 1. The summed E-state index contributed by atoms with van der Waals surface area (Å²) >= 11 is 0. The van der Waals surface area contributed by atoms with Crippen molar-refractivity contribution in [1.29, 1.82) is 0 Å². The Labute approximate surface area is 151 Å². The van der Waals surface area contributed by atoms with E-state index < -0.39 is 0 Å². The molecule has 1 aromatic rings. The maximum absolute atomic E-state index is 12.1. The maximum atomic E-state index is 12.1. The van der Waals surface area contributed by atoms with Gasteiger partial charge in [-0.25, -0.2) is 4.79 Å². The number of rotatable bonds is 8. The Hall–Kier alpha value is -1.59. The minimum absolute atomic E-state index is 0.0473. The molecule has 140 valence electrons. The quantitative estimate of drug-likeness (QED) is 0.676. The summed E-state index contributed by atoms with van der Waals surface area (Å²) in [6, 6.07) is 9.87. The zero-order valence-corrected chi connectivity index (χ0v) is 15.5. The van der Waals surface area contributed by atoms with E-state index in [0.29, 0.717) is 13.1 Å². The second kappa shape index (κ2) is 9.78. The topological polar surface area (TPSA) is 70.6 Å². The Morgan fingerprint density at radius 3 is 2.68 bits per heavy atom. The zero-order valence-electron chi connectivity index (χ0n) is 15.5. The van der Waals surface area contributed by atoms with Crippen LogP contribution in [0.25, 0.3) is 0 Å². The monoisotopic (exact) mass is 348 g/mol. The highest BCUT2D eigenvalue weighted by Crippen LogP contribution is 2.34. The van der Waals surface area contributed by atoms with Gasteiger partial charge in [0.15, 0.2) is 0 Å². The summed E-state index contributed by atoms with van der Waals surface area (Å²) in [6.07, 6.45) is 4.58. The van der Waals surface area contributed by atoms with Crippen LogP contribution in [-0.4, -0.2) is 43.5 Å². The lowest BCUT2D eigenvalue weighted by Gasteiger charge is -2.33. The zero-order chi connectivity index (χ0) is 18.1. The molecular formula is C20H32N2O3. The molecule has 5 nitrogen and oxygen atoms in total. The van der Waals surface area contributed by atoms with Crippen LogP contribution in [0.15, 0.2) is 30.3 Å². The normalized spacial score (nSPS) is 19.2. The fourth-order valence-corrected chi connectivity index (χ4v) is 3.28. The molecule has 1 aliphatic rings. The minimum Gasteiger partial charge on any atom is -0.396 e. The molecule has 1 fully saturated rings. The first-order valence-electron chi connectivity index (χ1n) is 9.32. The van der Waals surface area contributed by atoms with Gasteiger partial charge >= 0.3 is 6.03 Å². The van der Waals surface area contributed by atoms with Crippen molar-refractivity contribution in [3.05, 3.63) is 35.9 Å². The van der Waals surface area contributed by atoms with Crippen LogP contribution in [0.4, 0.5) is 4.79 Å². The summed E-state index contributed by atoms with van der Waals surface area (Å²) in [4.78, 5) is 12.1. The molecule has 0 radical (unpaired) electrons. The number of ether oxygens (including phenoxy) is 1. The second-order valence-corrected chi connectivity index (χ2v) is 7.52. The van der Waals surface area contributed by atoms with Gasteiger partial charge < -0.3 is 20.5 Å². The smallest absolute Gasteiger partial charge is 0.314 e. The van der Waals surface area contributed by atoms with Crippen molar-refractivity contribution >= 4 is 6.03 Å². The van der Waals surface area contributed by atoms with Crippen LogP contribution in [0.2, 0.25) is 0 Å². The second-order valence-electron chi connectivity index (χ2n) is 7.52. The lowest BCUT2D eigenvalue weighted by atomic mass is 9.75. The molecule has 1 aliphatic heterocycles. The van der Waals surface area contributed by atoms with Gasteiger partial charge in [-0.2, -0.15) is 0 Å². The Bertz CT molecular complexity index is 513. The van der Waals surface area contributed by atoms with Gasteiger partial charge in [-0.1, -0.05) is 44.2 Å². The molecule has 0 aliphatic carbocycles. The third kappa shape index (κ3) is 6.33. The first-order valence-corrected chi connectivity index (χ1v) is 9.32. The van der Waals surface area contributed by atoms with Gasteiger partial charge in [0, 0.05) is 32.2 Å². The summed E-state index contributed by atoms with van der Waals surface area (Å²) in [6.45, 7) is 6.05. The number of urea groups is 1. The Morgan fingerprint density at radius 2 is 2.04 bits per heavy atom. The lowest BCUT2D eigenvalue weighted by Crippen LogP contribution is -2.42. The van der Waals surface area contributed by atoms with Crippen LogP contribution in [0.3, 0.4) is 0 Å². The van der Waals surface area contributed by atoms with E-state index >= 15 is 0 Å². The van der Waals surface area contributed by atoms with Gasteiger partial charge in [0.1, 0.15) is 0 Å². The first-order chi connectivity index (χ1) is 12.0. The van der Waals surface area contributed by atoms with Crippen molar-refractivity contribution < 1.29 is 14.6 Å². The van der Waals surface area contributed by atoms with E-state index in [4.69, 9.17) is 4.74 Å². The van der Waals surface area contributed by atoms with E-state index in [9.17, 15) is 9.90 Å². The largest absolute Gasteiger partial charge is 0.396 e. The number of aliphatic hydroxyl groups is 1. The number of amides is 2. The number of carbonyl (C=O) groups is 1. The van der Waals surface area contributed by atoms with Crippen molar-refractivity contribution in [3.63, 3.8) is 0 Å². The molecule has 0 bridgehead atoms. The Morgan fingerprint density at radius 1 is 1.28 bits per heavy atom. The van der Waals surface area contributed by atoms with Crippen LogP contribution in [0, 0.1) is 5.41 Å². The van der Waals surface area contributed by atoms with E-state index in [1.165, 1.54) is 6.42 Å². The van der Waals surface area contributed by atoms with Crippen LogP contribution in [0.1, 0.15) is 51.0 Å². The predicted octanol–water partition coefficient (Wildman–Crippen LogP) is 3.05. The molecule has 2 amide bonds. The molecule has 0 saturated carbocycles. The SMILES string of the molecule is CC(C)(CO)C(CNC(=O)NCCC1CCCCO1)c1ccccc1. The molecule has 3 N–H and O–H groups in total. The van der Waals surface area contributed by atoms with Gasteiger partial charge in [-0.05, 0) is 36.7 Å². The predicted molar refractivity (Wildman–Crippen MR) is 99.7 cm³/mol. The van der Waals surface area contributed by atoms with Gasteiger partial charge in [-0.15, -0.1) is 0 Å². The standard InChI is InChI=1S/C20H32N2O3/c1-20(2,15-23)18(16-8-4-3-5-9-16)14-22-19(24)21-12-11-17-10-6-7-13-25-17/h3-5,8-9,17-18,23H,6-7,10-15H2,1-2H3,(H2,21,22,24). The number of nitrogens with one attached hydrogen (secondary N) is 2. The molecular weight excluding hydrogens is 316 g/mol. The highest BCUT2D eigenvalue weighted by Gasteiger charge is 2.30. The van der Waals surface area contributed by atoms with Crippen LogP contribution in [-0.2, 0) is 4.74 Å². The summed E-state index contributed by atoms with van der Waals surface area (Å²) < 4.78 is 5.68. The Balaban J connectivity index is 1.80. The van der Waals surface area contributed by atoms with Crippen LogP contribution >= 0.6 is 0 Å². The molecule has 2 atom stereocenters. The molecule has 1 heterocycles. The third-order valence-electron chi connectivity index (χ3n) is 5.05. The van der Waals surface area contributed by atoms with Gasteiger partial charge in [0.2, 0.25) is 0 Å². The van der Waals surface area contributed by atoms with E-state index in [1.54, 1.807) is 0 Å². The molecule has 1 aromatic carbocycles. The summed E-state index contributed by atoms with van der Waals surface area (Å²) in [7, 11) is 0. The molecule has 1 saturated heterocycles. The fraction of sp³-hybridized carbons (Fsp3) is 0.650. The van der Waals surface area contributed by atoms with Crippen LogP contribution in [0.5, 0.6) is 0 Å². The van der Waals surface area contributed by atoms with Crippen molar-refractivity contribution in [2.24, 2.45) is 5.41 Å². The average Bonchev–Trinajstić information content (AvgIpc) is 2.63. The summed E-state index contributed by atoms with van der Waals surface area (Å²) in [5, 5.41) is 15.6. The van der Waals surface area contributed by atoms with Crippen LogP contribution < -0.4 is 10.6 Å². The minimum atomic E-state index is -0.315. The first kappa shape index (κ1) is 19.7. The van der Waals surface area contributed by atoms with Gasteiger partial charge in [0.25, 0.3) is 0 Å². The number of hydrogen-bond donors (Lipinski definition) is 3. The average molecular weight is 348 g/mol. The number of benzene rings is 1. The number of hydrogen-bond acceptors (Lipinski definition) is 3. The molecule has 5 heteroatoms. The number of carbonyl (C=O) groups excluding carboxylic acids is 1. The van der Waals surface area contributed by atoms with Gasteiger partial charge in [0.05, 0.1) is 6.10 Å².